The maximum Gasteiger partial charge on any atom is 0.177 e. The summed E-state index contributed by atoms with van der Waals surface area (Å²) < 4.78 is 6.01. The first kappa shape index (κ1) is 28.0. The zero-order chi connectivity index (χ0) is 27.3. The number of nitrogens with two attached hydrogens (primary N) is 1. The molecule has 0 spiro atoms. The van der Waals surface area contributed by atoms with E-state index in [4.69, 9.17) is 15.3 Å². The molecule has 0 bridgehead atoms. The number of hydrogen-bond donors (Lipinski definition) is 2. The van der Waals surface area contributed by atoms with E-state index >= 15 is 0 Å². The Morgan fingerprint density at radius 1 is 1.13 bits per heavy atom. The first-order chi connectivity index (χ1) is 18.9. The summed E-state index contributed by atoms with van der Waals surface area (Å²) >= 11 is 0. The van der Waals surface area contributed by atoms with Crippen LogP contribution < -0.4 is 10.5 Å². The molecule has 2 fully saturated rings. The Bertz CT molecular complexity index is 1110. The summed E-state index contributed by atoms with van der Waals surface area (Å²) in [5.74, 6) is 1.89. The van der Waals surface area contributed by atoms with Crippen molar-refractivity contribution in [1.29, 1.82) is 0 Å². The summed E-state index contributed by atoms with van der Waals surface area (Å²) in [4.78, 5) is 7.95. The van der Waals surface area contributed by atoms with Crippen LogP contribution in [0.1, 0.15) is 87.8 Å². The lowest BCUT2D eigenvalue weighted by atomic mass is 9.50. The van der Waals surface area contributed by atoms with Gasteiger partial charge < -0.3 is 25.3 Å². The fourth-order valence-electron chi connectivity index (χ4n) is 7.69. The maximum atomic E-state index is 11.8. The van der Waals surface area contributed by atoms with Crippen LogP contribution in [0.25, 0.3) is 0 Å². The van der Waals surface area contributed by atoms with Crippen LogP contribution >= 0.6 is 0 Å². The highest BCUT2D eigenvalue weighted by Gasteiger charge is 2.54. The number of nitrogens with zero attached hydrogens (tertiary/aromatic N) is 2. The minimum atomic E-state index is -0.754. The predicted molar refractivity (Wildman–Crippen MR) is 157 cm³/mol. The molecule has 1 heterocycles. The molecule has 3 aliphatic rings. The molecule has 212 valence electrons. The number of benzene rings is 2. The van der Waals surface area contributed by atoms with E-state index in [2.05, 4.69) is 65.5 Å². The number of amidine groups is 1. The third kappa shape index (κ3) is 6.28. The Morgan fingerprint density at radius 3 is 2.69 bits per heavy atom. The SMILES string of the molecule is CCC12C[C@@](C)(O)C(c3ccccc3)CC1CCc1cc(OC/C(N)=N/OCCCN3CCCCC3)ccc12. The van der Waals surface area contributed by atoms with Crippen LogP contribution in [0.15, 0.2) is 53.7 Å². The molecular weight excluding hydrogens is 486 g/mol. The number of oxime groups is 1. The Balaban J connectivity index is 1.19. The largest absolute Gasteiger partial charge is 0.486 e. The van der Waals surface area contributed by atoms with Crippen LogP contribution in [0.3, 0.4) is 0 Å². The van der Waals surface area contributed by atoms with E-state index in [0.717, 1.165) is 50.8 Å². The molecule has 5 rings (SSSR count). The molecule has 1 saturated carbocycles. The Kier molecular flexibility index (Phi) is 8.82. The van der Waals surface area contributed by atoms with Crippen molar-refractivity contribution in [3.05, 3.63) is 65.2 Å². The number of ether oxygens (including phenoxy) is 1. The van der Waals surface area contributed by atoms with Crippen molar-refractivity contribution in [3.63, 3.8) is 0 Å². The molecule has 1 saturated heterocycles. The van der Waals surface area contributed by atoms with Gasteiger partial charge in [0.1, 0.15) is 19.0 Å². The number of aliphatic hydroxyl groups is 1. The van der Waals surface area contributed by atoms with Crippen LogP contribution in [-0.4, -0.2) is 54.3 Å². The molecule has 4 atom stereocenters. The summed E-state index contributed by atoms with van der Waals surface area (Å²) in [7, 11) is 0. The Hall–Kier alpha value is -2.57. The second kappa shape index (κ2) is 12.3. The second-order valence-electron chi connectivity index (χ2n) is 12.3. The molecule has 3 N–H and O–H groups in total. The van der Waals surface area contributed by atoms with Gasteiger partial charge in [-0.25, -0.2) is 0 Å². The van der Waals surface area contributed by atoms with Crippen LogP contribution in [-0.2, 0) is 16.7 Å². The highest BCUT2D eigenvalue weighted by atomic mass is 16.6. The Morgan fingerprint density at radius 2 is 1.92 bits per heavy atom. The molecule has 39 heavy (non-hydrogen) atoms. The van der Waals surface area contributed by atoms with E-state index in [9.17, 15) is 5.11 Å². The molecule has 2 aliphatic carbocycles. The molecule has 1 aliphatic heterocycles. The van der Waals surface area contributed by atoms with Gasteiger partial charge in [0.05, 0.1) is 5.60 Å². The highest BCUT2D eigenvalue weighted by molar-refractivity contribution is 5.81. The van der Waals surface area contributed by atoms with Gasteiger partial charge in [0.25, 0.3) is 0 Å². The van der Waals surface area contributed by atoms with Crippen LogP contribution in [0.4, 0.5) is 0 Å². The number of fused-ring (bicyclic) bond motifs is 3. The van der Waals surface area contributed by atoms with E-state index < -0.39 is 5.60 Å². The highest BCUT2D eigenvalue weighted by Crippen LogP contribution is 2.58. The van der Waals surface area contributed by atoms with Gasteiger partial charge >= 0.3 is 0 Å². The van der Waals surface area contributed by atoms with Crippen molar-refractivity contribution in [2.45, 2.75) is 88.6 Å². The predicted octanol–water partition coefficient (Wildman–Crippen LogP) is 5.77. The molecular formula is C33H47N3O3. The zero-order valence-electron chi connectivity index (χ0n) is 23.9. The fourth-order valence-corrected chi connectivity index (χ4v) is 7.69. The summed E-state index contributed by atoms with van der Waals surface area (Å²) in [6, 6.07) is 17.1. The van der Waals surface area contributed by atoms with E-state index in [-0.39, 0.29) is 17.9 Å². The fraction of sp³-hybridized carbons (Fsp3) is 0.606. The van der Waals surface area contributed by atoms with Gasteiger partial charge in [-0.1, -0.05) is 54.9 Å². The lowest BCUT2D eigenvalue weighted by Gasteiger charge is -2.56. The maximum absolute atomic E-state index is 11.8. The van der Waals surface area contributed by atoms with Gasteiger partial charge in [0.2, 0.25) is 0 Å². The molecule has 3 unspecified atom stereocenters. The first-order valence-corrected chi connectivity index (χ1v) is 15.1. The van der Waals surface area contributed by atoms with Crippen LogP contribution in [0.2, 0.25) is 0 Å². The molecule has 0 amide bonds. The zero-order valence-corrected chi connectivity index (χ0v) is 23.9. The van der Waals surface area contributed by atoms with Crippen LogP contribution in [0.5, 0.6) is 5.75 Å². The van der Waals surface area contributed by atoms with Gasteiger partial charge in [-0.05, 0) is 106 Å². The first-order valence-electron chi connectivity index (χ1n) is 15.1. The minimum absolute atomic E-state index is 0.0105. The van der Waals surface area contributed by atoms with Crippen molar-refractivity contribution < 1.29 is 14.7 Å². The molecule has 0 radical (unpaired) electrons. The molecule has 0 aromatic heterocycles. The van der Waals surface area contributed by atoms with Gasteiger partial charge in [0.15, 0.2) is 5.84 Å². The van der Waals surface area contributed by atoms with E-state index in [1.807, 2.05) is 6.92 Å². The summed E-state index contributed by atoms with van der Waals surface area (Å²) in [5.41, 5.74) is 9.28. The smallest absolute Gasteiger partial charge is 0.177 e. The third-order valence-corrected chi connectivity index (χ3v) is 9.66. The Labute approximate surface area is 234 Å². The normalized spacial score (nSPS) is 29.4. The van der Waals surface area contributed by atoms with Gasteiger partial charge in [-0.3, -0.25) is 0 Å². The monoisotopic (exact) mass is 533 g/mol. The number of aryl methyl sites for hydroxylation is 1. The standard InChI is InChI=1S/C33H47N3O3/c1-3-33-24-32(2,37)30(25-11-6-4-7-12-25)22-27(33)14-13-26-21-28(15-16-29(26)33)38-23-31(34)35-39-20-10-19-36-17-8-5-9-18-36/h4,6-7,11-12,15-16,21,27,30,37H,3,5,8-10,13-14,17-20,22-24H2,1-2H3,(H2,34,35)/t27?,30?,32-,33?/m1/s1. The number of likely N-dealkylation sites (tertiary alicyclic amines) is 1. The van der Waals surface area contributed by atoms with Crippen molar-refractivity contribution in [2.24, 2.45) is 16.8 Å². The van der Waals surface area contributed by atoms with E-state index in [0.29, 0.717) is 18.4 Å². The lowest BCUT2D eigenvalue weighted by Crippen LogP contribution is -2.53. The average Bonchev–Trinajstić information content (AvgIpc) is 2.96. The summed E-state index contributed by atoms with van der Waals surface area (Å²) in [5, 5.41) is 15.8. The molecule has 2 aromatic rings. The van der Waals surface area contributed by atoms with Crippen molar-refractivity contribution in [3.8, 4) is 5.75 Å². The van der Waals surface area contributed by atoms with Crippen molar-refractivity contribution in [2.75, 3.05) is 32.8 Å². The molecule has 6 nitrogen and oxygen atoms in total. The van der Waals surface area contributed by atoms with Gasteiger partial charge in [0, 0.05) is 17.9 Å². The number of piperidine rings is 1. The van der Waals surface area contributed by atoms with Gasteiger partial charge in [-0.15, -0.1) is 0 Å². The summed E-state index contributed by atoms with van der Waals surface area (Å²) in [6.07, 6.45) is 9.93. The van der Waals surface area contributed by atoms with E-state index in [1.165, 1.54) is 49.0 Å². The second-order valence-corrected chi connectivity index (χ2v) is 12.3. The topological polar surface area (TPSA) is 80.3 Å². The van der Waals surface area contributed by atoms with Crippen molar-refractivity contribution in [1.82, 2.24) is 4.90 Å². The quantitative estimate of drug-likeness (QED) is 0.175. The molecule has 2 aromatic carbocycles. The average molecular weight is 534 g/mol. The minimum Gasteiger partial charge on any atom is -0.486 e. The van der Waals surface area contributed by atoms with Crippen molar-refractivity contribution >= 4 is 5.84 Å². The van der Waals surface area contributed by atoms with Crippen LogP contribution in [0, 0.1) is 5.92 Å². The lowest BCUT2D eigenvalue weighted by molar-refractivity contribution is -0.0596. The third-order valence-electron chi connectivity index (χ3n) is 9.66. The summed E-state index contributed by atoms with van der Waals surface area (Å²) in [6.45, 7) is 8.58. The van der Waals surface area contributed by atoms with E-state index in [1.54, 1.807) is 0 Å². The number of hydrogen-bond acceptors (Lipinski definition) is 5. The number of rotatable bonds is 10. The van der Waals surface area contributed by atoms with Gasteiger partial charge in [-0.2, -0.15) is 0 Å². The molecule has 6 heteroatoms.